The van der Waals surface area contributed by atoms with Gasteiger partial charge in [-0.2, -0.15) is 13.5 Å². The van der Waals surface area contributed by atoms with Gasteiger partial charge >= 0.3 is 6.09 Å². The molecule has 0 bridgehead atoms. The van der Waals surface area contributed by atoms with Crippen molar-refractivity contribution in [2.75, 3.05) is 20.1 Å². The molecule has 0 aromatic carbocycles. The fourth-order valence-corrected chi connectivity index (χ4v) is 0.939. The molecule has 1 rings (SSSR count). The second-order valence-electron chi connectivity index (χ2n) is 2.27. The van der Waals surface area contributed by atoms with Crippen LogP contribution in [0.15, 0.2) is 0 Å². The van der Waals surface area contributed by atoms with Crippen molar-refractivity contribution in [1.82, 2.24) is 10.6 Å². The molecule has 1 aliphatic rings. The lowest BCUT2D eigenvalue weighted by Crippen LogP contribution is -2.27. The van der Waals surface area contributed by atoms with E-state index in [0.717, 1.165) is 19.5 Å². The first-order valence-corrected chi connectivity index (χ1v) is 3.42. The van der Waals surface area contributed by atoms with Gasteiger partial charge in [-0.25, -0.2) is 4.79 Å². The lowest BCUT2D eigenvalue weighted by Gasteiger charge is -2.08. The van der Waals surface area contributed by atoms with Crippen molar-refractivity contribution in [2.45, 2.75) is 12.5 Å². The van der Waals surface area contributed by atoms with Crippen LogP contribution < -0.4 is 10.6 Å². The molecular formula is C6H15ClN2O2S. The maximum Gasteiger partial charge on any atom is 0.407 e. The first-order chi connectivity index (χ1) is 4.83. The van der Waals surface area contributed by atoms with Crippen LogP contribution in [-0.4, -0.2) is 32.3 Å². The molecule has 0 aliphatic carbocycles. The number of halogens is 1. The molecule has 0 aromatic heterocycles. The van der Waals surface area contributed by atoms with Crippen LogP contribution in [-0.2, 0) is 4.74 Å². The Morgan fingerprint density at radius 1 is 1.67 bits per heavy atom. The molecule has 1 atom stereocenters. The van der Waals surface area contributed by atoms with E-state index in [1.54, 1.807) is 7.05 Å². The zero-order chi connectivity index (χ0) is 7.40. The molecule has 6 heteroatoms. The Morgan fingerprint density at radius 3 is 2.75 bits per heavy atom. The van der Waals surface area contributed by atoms with Gasteiger partial charge in [0.1, 0.15) is 6.10 Å². The number of ether oxygens (including phenoxy) is 1. The number of nitrogens with one attached hydrogen (secondary N) is 2. The van der Waals surface area contributed by atoms with E-state index < -0.39 is 0 Å². The molecule has 0 saturated carbocycles. The summed E-state index contributed by atoms with van der Waals surface area (Å²) >= 11 is 0. The summed E-state index contributed by atoms with van der Waals surface area (Å²) in [6, 6.07) is 0. The van der Waals surface area contributed by atoms with Gasteiger partial charge in [-0.3, -0.25) is 0 Å². The van der Waals surface area contributed by atoms with E-state index >= 15 is 0 Å². The molecule has 1 aliphatic heterocycles. The summed E-state index contributed by atoms with van der Waals surface area (Å²) in [6.45, 7) is 1.73. The zero-order valence-corrected chi connectivity index (χ0v) is 8.74. The number of alkyl carbamates (subject to hydrolysis) is 1. The number of amides is 1. The summed E-state index contributed by atoms with van der Waals surface area (Å²) in [6.07, 6.45) is 0.654. The summed E-state index contributed by atoms with van der Waals surface area (Å²) in [4.78, 5) is 10.6. The minimum atomic E-state index is -0.339. The lowest BCUT2D eigenvalue weighted by molar-refractivity contribution is 0.109. The largest absolute Gasteiger partial charge is 0.445 e. The number of hydrogen-bond donors (Lipinski definition) is 2. The number of hydrogen-bond acceptors (Lipinski definition) is 3. The van der Waals surface area contributed by atoms with Crippen LogP contribution >= 0.6 is 25.9 Å². The normalized spacial score (nSPS) is 20.2. The standard InChI is InChI=1S/C6H12N2O2.ClH.H2S/c1-7-6(9)10-5-2-3-8-4-5;;/h5,8H,2-4H2,1H3,(H,7,9);1H;1H2/t5-;;/m0../s1. The van der Waals surface area contributed by atoms with Crippen LogP contribution in [0.25, 0.3) is 0 Å². The molecule has 1 heterocycles. The van der Waals surface area contributed by atoms with Gasteiger partial charge in [0.15, 0.2) is 0 Å². The van der Waals surface area contributed by atoms with Crippen molar-refractivity contribution in [2.24, 2.45) is 0 Å². The Hall–Kier alpha value is -0.130. The van der Waals surface area contributed by atoms with Crippen molar-refractivity contribution in [3.8, 4) is 0 Å². The SMILES string of the molecule is CNC(=O)O[C@H]1CCNC1.Cl.S. The maximum atomic E-state index is 10.6. The molecule has 0 radical (unpaired) electrons. The minimum Gasteiger partial charge on any atom is -0.445 e. The molecule has 1 saturated heterocycles. The first kappa shape index (κ1) is 14.4. The Kier molecular flexibility index (Phi) is 9.02. The van der Waals surface area contributed by atoms with E-state index in [-0.39, 0.29) is 38.1 Å². The molecule has 1 fully saturated rings. The third-order valence-corrected chi connectivity index (χ3v) is 1.49. The first-order valence-electron chi connectivity index (χ1n) is 3.42. The molecule has 0 unspecified atom stereocenters. The predicted octanol–water partition coefficient (Wildman–Crippen LogP) is 0.239. The van der Waals surface area contributed by atoms with Gasteiger partial charge in [-0.1, -0.05) is 0 Å². The minimum absolute atomic E-state index is 0. The third kappa shape index (κ3) is 4.69. The highest BCUT2D eigenvalue weighted by Gasteiger charge is 2.17. The van der Waals surface area contributed by atoms with Gasteiger partial charge in [-0.15, -0.1) is 12.4 Å². The van der Waals surface area contributed by atoms with E-state index in [4.69, 9.17) is 4.74 Å². The smallest absolute Gasteiger partial charge is 0.407 e. The van der Waals surface area contributed by atoms with Gasteiger partial charge in [0.2, 0.25) is 0 Å². The number of carbonyl (C=O) groups excluding carboxylic acids is 1. The van der Waals surface area contributed by atoms with Gasteiger partial charge in [0.25, 0.3) is 0 Å². The van der Waals surface area contributed by atoms with Gasteiger partial charge in [0, 0.05) is 13.6 Å². The molecule has 12 heavy (non-hydrogen) atoms. The van der Waals surface area contributed by atoms with Gasteiger partial charge < -0.3 is 15.4 Å². The van der Waals surface area contributed by atoms with Crippen molar-refractivity contribution in [3.63, 3.8) is 0 Å². The van der Waals surface area contributed by atoms with Crippen LogP contribution in [0.1, 0.15) is 6.42 Å². The Bertz CT molecular complexity index is 131. The van der Waals surface area contributed by atoms with E-state index in [2.05, 4.69) is 10.6 Å². The highest BCUT2D eigenvalue weighted by Crippen LogP contribution is 2.02. The Morgan fingerprint density at radius 2 is 2.33 bits per heavy atom. The lowest BCUT2D eigenvalue weighted by atomic mass is 10.3. The summed E-state index contributed by atoms with van der Waals surface area (Å²) in [5, 5.41) is 5.50. The Labute approximate surface area is 85.3 Å². The summed E-state index contributed by atoms with van der Waals surface area (Å²) < 4.78 is 4.95. The highest BCUT2D eigenvalue weighted by atomic mass is 35.5. The summed E-state index contributed by atoms with van der Waals surface area (Å²) in [7, 11) is 1.56. The summed E-state index contributed by atoms with van der Waals surface area (Å²) in [5.41, 5.74) is 0. The Balaban J connectivity index is 0. The van der Waals surface area contributed by atoms with Crippen LogP contribution in [0.3, 0.4) is 0 Å². The highest BCUT2D eigenvalue weighted by molar-refractivity contribution is 7.59. The second kappa shape index (κ2) is 7.52. The van der Waals surface area contributed by atoms with Crippen molar-refractivity contribution in [1.29, 1.82) is 0 Å². The quantitative estimate of drug-likeness (QED) is 0.658. The van der Waals surface area contributed by atoms with Crippen molar-refractivity contribution >= 4 is 32.0 Å². The molecule has 0 spiro atoms. The van der Waals surface area contributed by atoms with Crippen molar-refractivity contribution in [3.05, 3.63) is 0 Å². The molecule has 0 aromatic rings. The van der Waals surface area contributed by atoms with Gasteiger partial charge in [-0.05, 0) is 13.0 Å². The van der Waals surface area contributed by atoms with E-state index in [9.17, 15) is 4.79 Å². The molecular weight excluding hydrogens is 200 g/mol. The third-order valence-electron chi connectivity index (χ3n) is 1.49. The molecule has 4 nitrogen and oxygen atoms in total. The van der Waals surface area contributed by atoms with Crippen molar-refractivity contribution < 1.29 is 9.53 Å². The van der Waals surface area contributed by atoms with Crippen LogP contribution in [0.2, 0.25) is 0 Å². The van der Waals surface area contributed by atoms with E-state index in [0.29, 0.717) is 0 Å². The average Bonchev–Trinajstić information content (AvgIpc) is 2.40. The fourth-order valence-electron chi connectivity index (χ4n) is 0.939. The predicted molar refractivity (Wildman–Crippen MR) is 54.4 cm³/mol. The monoisotopic (exact) mass is 214 g/mol. The molecule has 74 valence electrons. The average molecular weight is 215 g/mol. The summed E-state index contributed by atoms with van der Waals surface area (Å²) in [5.74, 6) is 0. The number of rotatable bonds is 1. The van der Waals surface area contributed by atoms with E-state index in [1.165, 1.54) is 0 Å². The molecule has 2 N–H and O–H groups in total. The maximum absolute atomic E-state index is 10.6. The van der Waals surface area contributed by atoms with Crippen LogP contribution in [0.5, 0.6) is 0 Å². The van der Waals surface area contributed by atoms with Gasteiger partial charge in [0.05, 0.1) is 0 Å². The van der Waals surface area contributed by atoms with Crippen LogP contribution in [0.4, 0.5) is 4.79 Å². The topological polar surface area (TPSA) is 50.4 Å². The zero-order valence-electron chi connectivity index (χ0n) is 6.92. The number of carbonyl (C=O) groups is 1. The van der Waals surface area contributed by atoms with Crippen LogP contribution in [0, 0.1) is 0 Å². The second-order valence-corrected chi connectivity index (χ2v) is 2.27. The molecule has 1 amide bonds. The fraction of sp³-hybridized carbons (Fsp3) is 0.833. The van der Waals surface area contributed by atoms with E-state index in [1.807, 2.05) is 0 Å².